The average Bonchev–Trinajstić information content (AvgIpc) is 2.91. The summed E-state index contributed by atoms with van der Waals surface area (Å²) in [5.41, 5.74) is 0. The van der Waals surface area contributed by atoms with Crippen LogP contribution in [0.5, 0.6) is 0 Å². The summed E-state index contributed by atoms with van der Waals surface area (Å²) >= 11 is 1.72. The van der Waals surface area contributed by atoms with E-state index in [1.807, 2.05) is 19.3 Å². The lowest BCUT2D eigenvalue weighted by Gasteiger charge is -2.32. The van der Waals surface area contributed by atoms with Crippen molar-refractivity contribution < 1.29 is 0 Å². The number of hydrogen-bond donors (Lipinski definition) is 2. The van der Waals surface area contributed by atoms with Crippen LogP contribution in [0.3, 0.4) is 0 Å². The van der Waals surface area contributed by atoms with E-state index in [2.05, 4.69) is 39.0 Å². The molecule has 5 nitrogen and oxygen atoms in total. The number of nitrogens with one attached hydrogen (secondary N) is 2. The number of likely N-dealkylation sites (tertiary alicyclic amines) is 1. The quantitative estimate of drug-likeness (QED) is 0.323. The number of piperidine rings is 1. The molecular formula is C15H26IN5S. The van der Waals surface area contributed by atoms with Crippen LogP contribution < -0.4 is 10.6 Å². The van der Waals surface area contributed by atoms with Crippen molar-refractivity contribution in [2.24, 2.45) is 4.99 Å². The molecule has 0 bridgehead atoms. The van der Waals surface area contributed by atoms with Gasteiger partial charge in [-0.1, -0.05) is 6.08 Å². The number of aromatic nitrogens is 1. The van der Waals surface area contributed by atoms with Crippen LogP contribution in [0.15, 0.2) is 23.8 Å². The van der Waals surface area contributed by atoms with Crippen LogP contribution in [-0.2, 0) is 6.54 Å². The fourth-order valence-corrected chi connectivity index (χ4v) is 3.20. The molecule has 0 aliphatic carbocycles. The Balaban J connectivity index is 0.00000242. The van der Waals surface area contributed by atoms with Gasteiger partial charge in [0.15, 0.2) is 5.96 Å². The monoisotopic (exact) mass is 435 g/mol. The smallest absolute Gasteiger partial charge is 0.191 e. The molecule has 0 unspecified atom stereocenters. The molecule has 1 fully saturated rings. The first-order chi connectivity index (χ1) is 10.2. The normalized spacial score (nSPS) is 16.9. The van der Waals surface area contributed by atoms with Gasteiger partial charge in [-0.25, -0.2) is 4.98 Å². The molecule has 2 N–H and O–H groups in total. The predicted molar refractivity (Wildman–Crippen MR) is 105 cm³/mol. The second kappa shape index (κ2) is 10.2. The zero-order valence-electron chi connectivity index (χ0n) is 13.3. The maximum atomic E-state index is 4.36. The van der Waals surface area contributed by atoms with E-state index in [1.165, 1.54) is 4.88 Å². The highest BCUT2D eigenvalue weighted by molar-refractivity contribution is 14.0. The number of rotatable bonds is 5. The molecule has 1 aliphatic rings. The van der Waals surface area contributed by atoms with Crippen molar-refractivity contribution >= 4 is 41.3 Å². The number of guanidine groups is 1. The van der Waals surface area contributed by atoms with Crippen molar-refractivity contribution in [3.63, 3.8) is 0 Å². The van der Waals surface area contributed by atoms with E-state index in [9.17, 15) is 0 Å². The van der Waals surface area contributed by atoms with Crippen LogP contribution in [0.1, 0.15) is 22.7 Å². The van der Waals surface area contributed by atoms with Crippen molar-refractivity contribution in [3.8, 4) is 0 Å². The minimum atomic E-state index is 0. The van der Waals surface area contributed by atoms with Crippen molar-refractivity contribution in [1.82, 2.24) is 20.5 Å². The van der Waals surface area contributed by atoms with E-state index in [0.717, 1.165) is 50.0 Å². The van der Waals surface area contributed by atoms with Gasteiger partial charge in [-0.15, -0.1) is 41.9 Å². The van der Waals surface area contributed by atoms with E-state index in [0.29, 0.717) is 6.04 Å². The topological polar surface area (TPSA) is 52.5 Å². The molecule has 0 amide bonds. The largest absolute Gasteiger partial charge is 0.354 e. The Morgan fingerprint density at radius 2 is 2.27 bits per heavy atom. The maximum Gasteiger partial charge on any atom is 0.191 e. The zero-order valence-corrected chi connectivity index (χ0v) is 16.5. The Morgan fingerprint density at radius 1 is 1.55 bits per heavy atom. The summed E-state index contributed by atoms with van der Waals surface area (Å²) in [6.45, 7) is 9.83. The number of aryl methyl sites for hydroxylation is 1. The SMILES string of the molecule is C=CCN1CCC(NC(=NC)NCc2ncc(C)s2)CC1.I. The molecule has 124 valence electrons. The molecule has 1 aromatic heterocycles. The molecule has 7 heteroatoms. The molecule has 2 rings (SSSR count). The third kappa shape index (κ3) is 6.21. The number of halogens is 1. The van der Waals surface area contributed by atoms with Gasteiger partial charge in [0.2, 0.25) is 0 Å². The van der Waals surface area contributed by atoms with Gasteiger partial charge < -0.3 is 10.6 Å². The van der Waals surface area contributed by atoms with Crippen molar-refractivity contribution in [3.05, 3.63) is 28.7 Å². The fraction of sp³-hybridized carbons (Fsp3) is 0.600. The van der Waals surface area contributed by atoms with Gasteiger partial charge in [-0.05, 0) is 19.8 Å². The molecule has 0 saturated carbocycles. The Bertz CT molecular complexity index is 480. The van der Waals surface area contributed by atoms with E-state index in [1.54, 1.807) is 11.3 Å². The van der Waals surface area contributed by atoms with E-state index < -0.39 is 0 Å². The molecule has 22 heavy (non-hydrogen) atoms. The summed E-state index contributed by atoms with van der Waals surface area (Å²) in [4.78, 5) is 12.3. The number of thiazole rings is 1. The molecule has 2 heterocycles. The maximum absolute atomic E-state index is 4.36. The number of nitrogens with zero attached hydrogens (tertiary/aromatic N) is 3. The summed E-state index contributed by atoms with van der Waals surface area (Å²) in [6, 6.07) is 0.496. The van der Waals surface area contributed by atoms with Crippen LogP contribution in [0.4, 0.5) is 0 Å². The highest BCUT2D eigenvalue weighted by Gasteiger charge is 2.19. The first-order valence-electron chi connectivity index (χ1n) is 7.43. The summed E-state index contributed by atoms with van der Waals surface area (Å²) in [5.74, 6) is 0.866. The van der Waals surface area contributed by atoms with Gasteiger partial charge in [-0.2, -0.15) is 0 Å². The van der Waals surface area contributed by atoms with Gasteiger partial charge in [0.1, 0.15) is 5.01 Å². The molecule has 1 saturated heterocycles. The third-order valence-corrected chi connectivity index (χ3v) is 4.53. The van der Waals surface area contributed by atoms with Crippen molar-refractivity contribution in [2.75, 3.05) is 26.7 Å². The number of hydrogen-bond acceptors (Lipinski definition) is 4. The van der Waals surface area contributed by atoms with Crippen LogP contribution in [0.25, 0.3) is 0 Å². The molecule has 0 radical (unpaired) electrons. The highest BCUT2D eigenvalue weighted by atomic mass is 127. The second-order valence-electron chi connectivity index (χ2n) is 5.30. The summed E-state index contributed by atoms with van der Waals surface area (Å²) in [6.07, 6.45) is 6.17. The van der Waals surface area contributed by atoms with E-state index in [4.69, 9.17) is 0 Å². The lowest BCUT2D eigenvalue weighted by atomic mass is 10.1. The van der Waals surface area contributed by atoms with Gasteiger partial charge in [-0.3, -0.25) is 9.89 Å². The molecule has 0 aromatic carbocycles. The summed E-state index contributed by atoms with van der Waals surface area (Å²) < 4.78 is 0. The molecule has 1 aliphatic heterocycles. The first kappa shape index (κ1) is 19.4. The van der Waals surface area contributed by atoms with Gasteiger partial charge in [0.25, 0.3) is 0 Å². The standard InChI is InChI=1S/C15H25N5S.HI/c1-4-7-20-8-5-13(6-9-20)19-15(16-3)18-11-14-17-10-12(2)21-14;/h4,10,13H,1,5-9,11H2,2-3H3,(H2,16,18,19);1H. The van der Waals surface area contributed by atoms with Crippen LogP contribution >= 0.6 is 35.3 Å². The van der Waals surface area contributed by atoms with E-state index >= 15 is 0 Å². The minimum absolute atomic E-state index is 0. The summed E-state index contributed by atoms with van der Waals surface area (Å²) in [7, 11) is 1.81. The summed E-state index contributed by atoms with van der Waals surface area (Å²) in [5, 5.41) is 7.94. The Morgan fingerprint density at radius 3 is 2.82 bits per heavy atom. The molecular weight excluding hydrogens is 409 g/mol. The first-order valence-corrected chi connectivity index (χ1v) is 8.24. The van der Waals surface area contributed by atoms with Gasteiger partial charge in [0.05, 0.1) is 6.54 Å². The van der Waals surface area contributed by atoms with Crippen molar-refractivity contribution in [2.45, 2.75) is 32.4 Å². The molecule has 0 spiro atoms. The minimum Gasteiger partial charge on any atom is -0.354 e. The van der Waals surface area contributed by atoms with Crippen LogP contribution in [0.2, 0.25) is 0 Å². The Labute approximate surface area is 154 Å². The zero-order chi connectivity index (χ0) is 15.1. The number of aliphatic imine (C=N–C) groups is 1. The second-order valence-corrected chi connectivity index (χ2v) is 6.62. The van der Waals surface area contributed by atoms with Crippen LogP contribution in [-0.4, -0.2) is 48.6 Å². The van der Waals surface area contributed by atoms with Gasteiger partial charge >= 0.3 is 0 Å². The Hall–Kier alpha value is -0.670. The highest BCUT2D eigenvalue weighted by Crippen LogP contribution is 2.11. The lowest BCUT2D eigenvalue weighted by Crippen LogP contribution is -2.48. The fourth-order valence-electron chi connectivity index (χ4n) is 2.47. The Kier molecular flexibility index (Phi) is 8.96. The van der Waals surface area contributed by atoms with Crippen molar-refractivity contribution in [1.29, 1.82) is 0 Å². The predicted octanol–water partition coefficient (Wildman–Crippen LogP) is 2.38. The lowest BCUT2D eigenvalue weighted by molar-refractivity contribution is 0.225. The third-order valence-electron chi connectivity index (χ3n) is 3.62. The van der Waals surface area contributed by atoms with Crippen LogP contribution in [0, 0.1) is 6.92 Å². The molecule has 1 aromatic rings. The van der Waals surface area contributed by atoms with Gasteiger partial charge in [0, 0.05) is 43.8 Å². The average molecular weight is 435 g/mol. The molecule has 0 atom stereocenters. The van der Waals surface area contributed by atoms with E-state index in [-0.39, 0.29) is 24.0 Å².